The van der Waals surface area contributed by atoms with E-state index in [4.69, 9.17) is 4.98 Å². The minimum atomic E-state index is 0.505. The lowest BCUT2D eigenvalue weighted by molar-refractivity contribution is 0.868. The maximum Gasteiger partial charge on any atom is 0.146 e. The van der Waals surface area contributed by atoms with Crippen LogP contribution in [0.1, 0.15) is 25.3 Å². The second-order valence-corrected chi connectivity index (χ2v) is 6.61. The molecule has 0 spiro atoms. The first-order valence-electron chi connectivity index (χ1n) is 8.30. The van der Waals surface area contributed by atoms with Gasteiger partial charge < -0.3 is 0 Å². The zero-order valence-corrected chi connectivity index (χ0v) is 13.7. The summed E-state index contributed by atoms with van der Waals surface area (Å²) in [6.45, 7) is 4.47. The maximum atomic E-state index is 4.87. The van der Waals surface area contributed by atoms with Crippen LogP contribution < -0.4 is 0 Å². The van der Waals surface area contributed by atoms with Crippen LogP contribution in [0.15, 0.2) is 60.9 Å². The van der Waals surface area contributed by atoms with Crippen molar-refractivity contribution in [3.63, 3.8) is 0 Å². The highest BCUT2D eigenvalue weighted by Crippen LogP contribution is 2.33. The molecule has 0 fully saturated rings. The molecule has 24 heavy (non-hydrogen) atoms. The van der Waals surface area contributed by atoms with Gasteiger partial charge in [0.1, 0.15) is 5.65 Å². The van der Waals surface area contributed by atoms with Crippen LogP contribution >= 0.6 is 0 Å². The molecule has 0 unspecified atom stereocenters. The molecular weight excluding hydrogens is 294 g/mol. The summed E-state index contributed by atoms with van der Waals surface area (Å²) in [4.78, 5) is 9.18. The Balaban J connectivity index is 2.12. The summed E-state index contributed by atoms with van der Waals surface area (Å²) in [7, 11) is 0. The summed E-state index contributed by atoms with van der Waals surface area (Å²) in [5.41, 5.74) is 5.58. The lowest BCUT2D eigenvalue weighted by Crippen LogP contribution is -1.94. The molecule has 0 bridgehead atoms. The molecule has 0 aliphatic carbocycles. The van der Waals surface area contributed by atoms with Crippen molar-refractivity contribution in [3.8, 4) is 0 Å². The molecule has 0 aliphatic rings. The van der Waals surface area contributed by atoms with Crippen LogP contribution in [0, 0.1) is 0 Å². The molecule has 3 nitrogen and oxygen atoms in total. The van der Waals surface area contributed by atoms with E-state index in [9.17, 15) is 0 Å². The van der Waals surface area contributed by atoms with E-state index in [0.717, 1.165) is 16.7 Å². The van der Waals surface area contributed by atoms with E-state index in [1.807, 2.05) is 12.3 Å². The molecule has 0 atom stereocenters. The highest BCUT2D eigenvalue weighted by molar-refractivity contribution is 6.13. The van der Waals surface area contributed by atoms with Crippen molar-refractivity contribution in [1.82, 2.24) is 14.4 Å². The first-order chi connectivity index (χ1) is 11.7. The number of benzene rings is 2. The van der Waals surface area contributed by atoms with Gasteiger partial charge in [0.25, 0.3) is 0 Å². The molecule has 3 heteroatoms. The maximum absolute atomic E-state index is 4.87. The quantitative estimate of drug-likeness (QED) is 0.393. The van der Waals surface area contributed by atoms with Crippen LogP contribution in [0.2, 0.25) is 0 Å². The highest BCUT2D eigenvalue weighted by atomic mass is 15.0. The molecule has 0 amide bonds. The van der Waals surface area contributed by atoms with Crippen LogP contribution in [-0.2, 0) is 0 Å². The number of hydrogen-bond acceptors (Lipinski definition) is 2. The zero-order chi connectivity index (χ0) is 16.3. The average molecular weight is 311 g/mol. The number of hydrogen-bond donors (Lipinski definition) is 0. The molecule has 0 saturated carbocycles. The molecule has 3 heterocycles. The Kier molecular flexibility index (Phi) is 2.69. The largest absolute Gasteiger partial charge is 0.290 e. The summed E-state index contributed by atoms with van der Waals surface area (Å²) in [5.74, 6) is 0.505. The van der Waals surface area contributed by atoms with Gasteiger partial charge in [-0.1, -0.05) is 44.2 Å². The lowest BCUT2D eigenvalue weighted by atomic mass is 9.98. The predicted molar refractivity (Wildman–Crippen MR) is 99.6 cm³/mol. The number of imidazole rings is 1. The van der Waals surface area contributed by atoms with Crippen LogP contribution in [0.25, 0.3) is 38.4 Å². The fourth-order valence-electron chi connectivity index (χ4n) is 3.58. The number of pyridine rings is 2. The second kappa shape index (κ2) is 4.78. The summed E-state index contributed by atoms with van der Waals surface area (Å²) >= 11 is 0. The minimum absolute atomic E-state index is 0.505. The van der Waals surface area contributed by atoms with E-state index in [-0.39, 0.29) is 0 Å². The molecule has 0 N–H and O–H groups in total. The van der Waals surface area contributed by atoms with Gasteiger partial charge in [-0.3, -0.25) is 9.38 Å². The van der Waals surface area contributed by atoms with E-state index in [1.54, 1.807) is 6.20 Å². The Hall–Kier alpha value is -2.94. The first-order valence-corrected chi connectivity index (χ1v) is 8.30. The van der Waals surface area contributed by atoms with Crippen LogP contribution in [0.3, 0.4) is 0 Å². The smallest absolute Gasteiger partial charge is 0.146 e. The molecular formula is C21H17N3. The fourth-order valence-corrected chi connectivity index (χ4v) is 3.58. The van der Waals surface area contributed by atoms with E-state index < -0.39 is 0 Å². The van der Waals surface area contributed by atoms with Crippen molar-refractivity contribution in [2.24, 2.45) is 0 Å². The van der Waals surface area contributed by atoms with Crippen molar-refractivity contribution in [2.75, 3.05) is 0 Å². The Morgan fingerprint density at radius 3 is 2.54 bits per heavy atom. The molecule has 5 rings (SSSR count). The molecule has 2 aromatic carbocycles. The van der Waals surface area contributed by atoms with Crippen LogP contribution in [0.4, 0.5) is 0 Å². The standard InChI is InChI=1S/C21H17N3/c1-13(2)14-7-8-19-17(11-14)15-5-3-4-6-16(15)21-23-18-9-10-22-12-20(18)24(19)21/h3-13H,1-2H3. The predicted octanol–water partition coefficient (Wildman–Crippen LogP) is 5.31. The Morgan fingerprint density at radius 1 is 0.875 bits per heavy atom. The molecule has 0 radical (unpaired) electrons. The normalized spacial score (nSPS) is 12.1. The van der Waals surface area contributed by atoms with E-state index >= 15 is 0 Å². The van der Waals surface area contributed by atoms with Gasteiger partial charge in [-0.2, -0.15) is 0 Å². The van der Waals surface area contributed by atoms with Crippen LogP contribution in [0.5, 0.6) is 0 Å². The van der Waals surface area contributed by atoms with E-state index in [1.165, 1.54) is 27.2 Å². The summed E-state index contributed by atoms with van der Waals surface area (Å²) in [5, 5.41) is 3.71. The molecule has 0 aliphatic heterocycles. The molecule has 3 aromatic heterocycles. The van der Waals surface area contributed by atoms with Gasteiger partial charge in [0, 0.05) is 17.0 Å². The second-order valence-electron chi connectivity index (χ2n) is 6.61. The third kappa shape index (κ3) is 1.72. The van der Waals surface area contributed by atoms with Gasteiger partial charge in [0.05, 0.1) is 22.7 Å². The number of nitrogens with zero attached hydrogens (tertiary/aromatic N) is 3. The number of fused-ring (bicyclic) bond motifs is 8. The highest BCUT2D eigenvalue weighted by Gasteiger charge is 2.14. The number of aromatic nitrogens is 3. The van der Waals surface area contributed by atoms with Crippen molar-refractivity contribution >= 4 is 38.4 Å². The Morgan fingerprint density at radius 2 is 1.71 bits per heavy atom. The number of rotatable bonds is 1. The van der Waals surface area contributed by atoms with Crippen molar-refractivity contribution < 1.29 is 0 Å². The fraction of sp³-hybridized carbons (Fsp3) is 0.143. The molecule has 5 aromatic rings. The monoisotopic (exact) mass is 311 g/mol. The molecule has 116 valence electrons. The Labute approximate surface area is 139 Å². The summed E-state index contributed by atoms with van der Waals surface area (Å²) < 4.78 is 2.24. The van der Waals surface area contributed by atoms with E-state index in [2.05, 4.69) is 65.7 Å². The minimum Gasteiger partial charge on any atom is -0.290 e. The van der Waals surface area contributed by atoms with Gasteiger partial charge >= 0.3 is 0 Å². The average Bonchev–Trinajstić information content (AvgIpc) is 3.01. The van der Waals surface area contributed by atoms with Crippen molar-refractivity contribution in [1.29, 1.82) is 0 Å². The van der Waals surface area contributed by atoms with Gasteiger partial charge in [0.2, 0.25) is 0 Å². The SMILES string of the molecule is CC(C)c1ccc2c(c1)c1ccccc1c1nc3ccncc3n21. The van der Waals surface area contributed by atoms with Gasteiger partial charge in [0.15, 0.2) is 0 Å². The lowest BCUT2D eigenvalue weighted by Gasteiger charge is -2.12. The summed E-state index contributed by atoms with van der Waals surface area (Å²) in [6, 6.07) is 17.3. The molecule has 0 saturated heterocycles. The van der Waals surface area contributed by atoms with Gasteiger partial charge in [-0.05, 0) is 35.1 Å². The van der Waals surface area contributed by atoms with Gasteiger partial charge in [-0.25, -0.2) is 4.98 Å². The van der Waals surface area contributed by atoms with Crippen LogP contribution in [-0.4, -0.2) is 14.4 Å². The first kappa shape index (κ1) is 13.5. The van der Waals surface area contributed by atoms with Crippen molar-refractivity contribution in [3.05, 3.63) is 66.5 Å². The van der Waals surface area contributed by atoms with Gasteiger partial charge in [-0.15, -0.1) is 0 Å². The zero-order valence-electron chi connectivity index (χ0n) is 13.7. The Bertz CT molecular complexity index is 1230. The third-order valence-electron chi connectivity index (χ3n) is 4.84. The summed E-state index contributed by atoms with van der Waals surface area (Å²) in [6.07, 6.45) is 3.70. The van der Waals surface area contributed by atoms with Crippen molar-refractivity contribution in [2.45, 2.75) is 19.8 Å². The third-order valence-corrected chi connectivity index (χ3v) is 4.84. The topological polar surface area (TPSA) is 30.2 Å². The van der Waals surface area contributed by atoms with E-state index in [0.29, 0.717) is 5.92 Å².